The minimum atomic E-state index is -0.791. The van der Waals surface area contributed by atoms with Crippen molar-refractivity contribution in [3.05, 3.63) is 30.1 Å². The van der Waals surface area contributed by atoms with E-state index in [1.807, 2.05) is 24.4 Å². The average molecular weight is 263 g/mol. The summed E-state index contributed by atoms with van der Waals surface area (Å²) in [4.78, 5) is 17.2. The molecule has 1 aliphatic heterocycles. The number of carboxylic acid groups (broad SMARTS) is 1. The minimum Gasteiger partial charge on any atom is -0.480 e. The molecule has 1 aromatic rings. The quantitative estimate of drug-likeness (QED) is 0.800. The van der Waals surface area contributed by atoms with Crippen LogP contribution in [0, 0.1) is 5.92 Å². The molecule has 1 fully saturated rings. The van der Waals surface area contributed by atoms with Crippen molar-refractivity contribution in [3.63, 3.8) is 0 Å². The molecule has 1 aliphatic rings. The van der Waals surface area contributed by atoms with Gasteiger partial charge in [-0.2, -0.15) is 0 Å². The standard InChI is InChI=1S/C14H21N3O2/c18-14(19)9-15-8-12-4-3-7-17(10-12)11-13-5-1-2-6-16-13/h1-2,5-6,12,15H,3-4,7-11H2,(H,18,19). The third-order valence-corrected chi connectivity index (χ3v) is 3.42. The molecule has 2 N–H and O–H groups in total. The molecular weight excluding hydrogens is 242 g/mol. The fourth-order valence-corrected chi connectivity index (χ4v) is 2.57. The van der Waals surface area contributed by atoms with Crippen molar-refractivity contribution in [1.82, 2.24) is 15.2 Å². The van der Waals surface area contributed by atoms with Crippen molar-refractivity contribution in [1.29, 1.82) is 0 Å². The van der Waals surface area contributed by atoms with Gasteiger partial charge in [0.1, 0.15) is 0 Å². The third kappa shape index (κ3) is 4.96. The lowest BCUT2D eigenvalue weighted by molar-refractivity contribution is -0.136. The second-order valence-electron chi connectivity index (χ2n) is 5.09. The number of carboxylic acids is 1. The Hall–Kier alpha value is -1.46. The van der Waals surface area contributed by atoms with E-state index in [4.69, 9.17) is 5.11 Å². The first-order valence-electron chi connectivity index (χ1n) is 6.79. The van der Waals surface area contributed by atoms with Crippen molar-refractivity contribution >= 4 is 5.97 Å². The average Bonchev–Trinajstić information content (AvgIpc) is 2.40. The third-order valence-electron chi connectivity index (χ3n) is 3.42. The Kier molecular flexibility index (Phi) is 5.30. The van der Waals surface area contributed by atoms with E-state index in [1.165, 1.54) is 12.8 Å². The van der Waals surface area contributed by atoms with Gasteiger partial charge in [0.15, 0.2) is 0 Å². The minimum absolute atomic E-state index is 0.0523. The molecule has 0 spiro atoms. The van der Waals surface area contributed by atoms with E-state index in [2.05, 4.69) is 15.2 Å². The summed E-state index contributed by atoms with van der Waals surface area (Å²) in [7, 11) is 0. The molecule has 0 radical (unpaired) electrons. The highest BCUT2D eigenvalue weighted by atomic mass is 16.4. The normalized spacial score (nSPS) is 20.3. The van der Waals surface area contributed by atoms with Crippen LogP contribution in [0.1, 0.15) is 18.5 Å². The van der Waals surface area contributed by atoms with Gasteiger partial charge < -0.3 is 10.4 Å². The molecule has 0 bridgehead atoms. The Bertz CT molecular complexity index is 397. The van der Waals surface area contributed by atoms with Crippen molar-refractivity contribution in [3.8, 4) is 0 Å². The first kappa shape index (κ1) is 14.0. The van der Waals surface area contributed by atoms with Gasteiger partial charge in [0.2, 0.25) is 0 Å². The first-order chi connectivity index (χ1) is 9.24. The summed E-state index contributed by atoms with van der Waals surface area (Å²) in [6.07, 6.45) is 4.17. The SMILES string of the molecule is O=C(O)CNCC1CCCN(Cc2ccccn2)C1. The smallest absolute Gasteiger partial charge is 0.317 e. The summed E-state index contributed by atoms with van der Waals surface area (Å²) in [6.45, 7) is 3.84. The van der Waals surface area contributed by atoms with Crippen molar-refractivity contribution in [2.24, 2.45) is 5.92 Å². The predicted octanol–water partition coefficient (Wildman–Crippen LogP) is 0.968. The number of hydrogen-bond acceptors (Lipinski definition) is 4. The van der Waals surface area contributed by atoms with Crippen LogP contribution in [0.15, 0.2) is 24.4 Å². The lowest BCUT2D eigenvalue weighted by atomic mass is 9.98. The number of hydrogen-bond donors (Lipinski definition) is 2. The number of rotatable bonds is 6. The van der Waals surface area contributed by atoms with Crippen molar-refractivity contribution < 1.29 is 9.90 Å². The number of likely N-dealkylation sites (tertiary alicyclic amines) is 1. The number of aromatic nitrogens is 1. The molecule has 0 aliphatic carbocycles. The van der Waals surface area contributed by atoms with Gasteiger partial charge in [-0.1, -0.05) is 6.07 Å². The molecule has 1 saturated heterocycles. The Morgan fingerprint density at radius 1 is 1.53 bits per heavy atom. The summed E-state index contributed by atoms with van der Waals surface area (Å²) >= 11 is 0. The largest absolute Gasteiger partial charge is 0.480 e. The molecule has 1 atom stereocenters. The fraction of sp³-hybridized carbons (Fsp3) is 0.571. The van der Waals surface area contributed by atoms with Gasteiger partial charge >= 0.3 is 5.97 Å². The van der Waals surface area contributed by atoms with Crippen LogP contribution >= 0.6 is 0 Å². The number of piperidine rings is 1. The van der Waals surface area contributed by atoms with E-state index >= 15 is 0 Å². The maximum absolute atomic E-state index is 10.5. The summed E-state index contributed by atoms with van der Waals surface area (Å²) in [5.74, 6) is -0.252. The monoisotopic (exact) mass is 263 g/mol. The second kappa shape index (κ2) is 7.21. The van der Waals surface area contributed by atoms with Gasteiger partial charge in [0.05, 0.1) is 12.2 Å². The van der Waals surface area contributed by atoms with E-state index in [-0.39, 0.29) is 6.54 Å². The molecule has 2 heterocycles. The molecule has 5 nitrogen and oxygen atoms in total. The van der Waals surface area contributed by atoms with E-state index in [0.717, 1.165) is 31.9 Å². The number of carbonyl (C=O) groups is 1. The molecule has 0 saturated carbocycles. The zero-order chi connectivity index (χ0) is 13.5. The highest BCUT2D eigenvalue weighted by Gasteiger charge is 2.20. The van der Waals surface area contributed by atoms with E-state index in [0.29, 0.717) is 5.92 Å². The topological polar surface area (TPSA) is 65.5 Å². The van der Waals surface area contributed by atoms with Crippen LogP contribution in [-0.2, 0) is 11.3 Å². The van der Waals surface area contributed by atoms with Crippen molar-refractivity contribution in [2.75, 3.05) is 26.2 Å². The van der Waals surface area contributed by atoms with Crippen LogP contribution in [0.4, 0.5) is 0 Å². The van der Waals surface area contributed by atoms with Gasteiger partial charge in [-0.15, -0.1) is 0 Å². The maximum atomic E-state index is 10.5. The van der Waals surface area contributed by atoms with Gasteiger partial charge in [-0.25, -0.2) is 0 Å². The second-order valence-corrected chi connectivity index (χ2v) is 5.09. The van der Waals surface area contributed by atoms with E-state index in [1.54, 1.807) is 0 Å². The Morgan fingerprint density at radius 3 is 3.16 bits per heavy atom. The van der Waals surface area contributed by atoms with Crippen LogP contribution in [0.2, 0.25) is 0 Å². The number of nitrogens with one attached hydrogen (secondary N) is 1. The van der Waals surface area contributed by atoms with Crippen LogP contribution in [0.25, 0.3) is 0 Å². The highest BCUT2D eigenvalue weighted by molar-refractivity contribution is 5.68. The summed E-state index contributed by atoms with van der Waals surface area (Å²) < 4.78 is 0. The molecule has 1 aromatic heterocycles. The van der Waals surface area contributed by atoms with E-state index in [9.17, 15) is 4.79 Å². The molecule has 0 aromatic carbocycles. The Morgan fingerprint density at radius 2 is 2.42 bits per heavy atom. The molecular formula is C14H21N3O2. The van der Waals surface area contributed by atoms with E-state index < -0.39 is 5.97 Å². The molecule has 104 valence electrons. The predicted molar refractivity (Wildman–Crippen MR) is 72.7 cm³/mol. The van der Waals surface area contributed by atoms with Crippen LogP contribution in [0.3, 0.4) is 0 Å². The Balaban J connectivity index is 1.75. The molecule has 19 heavy (non-hydrogen) atoms. The van der Waals surface area contributed by atoms with Gasteiger partial charge in [-0.3, -0.25) is 14.7 Å². The summed E-state index contributed by atoms with van der Waals surface area (Å²) in [5, 5.41) is 11.6. The highest BCUT2D eigenvalue weighted by Crippen LogP contribution is 2.17. The zero-order valence-electron chi connectivity index (χ0n) is 11.1. The zero-order valence-corrected chi connectivity index (χ0v) is 11.1. The summed E-state index contributed by atoms with van der Waals surface area (Å²) in [6, 6.07) is 5.99. The first-order valence-corrected chi connectivity index (χ1v) is 6.79. The number of nitrogens with zero attached hydrogens (tertiary/aromatic N) is 2. The molecule has 1 unspecified atom stereocenters. The number of pyridine rings is 1. The van der Waals surface area contributed by atoms with Crippen LogP contribution in [-0.4, -0.2) is 47.1 Å². The van der Waals surface area contributed by atoms with Gasteiger partial charge in [0, 0.05) is 19.3 Å². The summed E-state index contributed by atoms with van der Waals surface area (Å²) in [5.41, 5.74) is 1.10. The maximum Gasteiger partial charge on any atom is 0.317 e. The lowest BCUT2D eigenvalue weighted by Gasteiger charge is -2.32. The Labute approximate surface area is 113 Å². The molecule has 5 heteroatoms. The molecule has 0 amide bonds. The van der Waals surface area contributed by atoms with Gasteiger partial charge in [-0.05, 0) is 44.0 Å². The van der Waals surface area contributed by atoms with Crippen LogP contribution < -0.4 is 5.32 Å². The van der Waals surface area contributed by atoms with Gasteiger partial charge in [0.25, 0.3) is 0 Å². The lowest BCUT2D eigenvalue weighted by Crippen LogP contribution is -2.40. The van der Waals surface area contributed by atoms with Crippen molar-refractivity contribution in [2.45, 2.75) is 19.4 Å². The number of aliphatic carboxylic acids is 1. The fourth-order valence-electron chi connectivity index (χ4n) is 2.57. The van der Waals surface area contributed by atoms with Crippen LogP contribution in [0.5, 0.6) is 0 Å². The molecule has 2 rings (SSSR count).